The summed E-state index contributed by atoms with van der Waals surface area (Å²) in [6.07, 6.45) is 8.94. The summed E-state index contributed by atoms with van der Waals surface area (Å²) in [5, 5.41) is 7.03. The third kappa shape index (κ3) is 5.63. The largest absolute Gasteiger partial charge is 0.493 e. The summed E-state index contributed by atoms with van der Waals surface area (Å²) in [6.45, 7) is 5.61. The van der Waals surface area contributed by atoms with Crippen molar-refractivity contribution >= 4 is 5.96 Å². The van der Waals surface area contributed by atoms with Gasteiger partial charge >= 0.3 is 0 Å². The Hall–Kier alpha value is -1.75. The number of fused-ring (bicyclic) bond motifs is 1. The molecule has 0 aliphatic carbocycles. The van der Waals surface area contributed by atoms with Crippen molar-refractivity contribution in [3.63, 3.8) is 0 Å². The Morgan fingerprint density at radius 3 is 2.85 bits per heavy atom. The highest BCUT2D eigenvalue weighted by Gasteiger charge is 2.21. The van der Waals surface area contributed by atoms with Gasteiger partial charge in [0.1, 0.15) is 5.75 Å². The number of hydrogen-bond acceptors (Lipinski definition) is 3. The van der Waals surface area contributed by atoms with Gasteiger partial charge < -0.3 is 20.3 Å². The number of rotatable bonds is 7. The molecule has 5 heteroatoms. The predicted molar refractivity (Wildman–Crippen MR) is 108 cm³/mol. The molecule has 1 unspecified atom stereocenters. The van der Waals surface area contributed by atoms with Crippen LogP contribution in [0.5, 0.6) is 5.75 Å². The molecule has 0 spiro atoms. The Morgan fingerprint density at radius 2 is 2.00 bits per heavy atom. The lowest BCUT2D eigenvalue weighted by molar-refractivity contribution is 0.224. The first kappa shape index (κ1) is 19.0. The number of unbranched alkanes of at least 4 members (excludes halogenated alkanes) is 2. The molecule has 0 saturated carbocycles. The molecular formula is C21H34N4O. The van der Waals surface area contributed by atoms with Crippen LogP contribution in [0.2, 0.25) is 0 Å². The molecule has 1 fully saturated rings. The van der Waals surface area contributed by atoms with E-state index in [-0.39, 0.29) is 6.04 Å². The standard InChI is InChI=1S/C21H34N4O/c1-22-21(23-13-6-2-7-14-25-15-8-3-9-16-25)24-19-12-17-26-20-11-5-4-10-18(19)20/h4-5,10-11,19H,2-3,6-9,12-17H2,1H3,(H2,22,23,24). The summed E-state index contributed by atoms with van der Waals surface area (Å²) in [5.41, 5.74) is 1.23. The second-order valence-electron chi connectivity index (χ2n) is 7.33. The molecule has 2 aliphatic heterocycles. The third-order valence-corrected chi connectivity index (χ3v) is 5.39. The van der Waals surface area contributed by atoms with Gasteiger partial charge in [-0.3, -0.25) is 4.99 Å². The van der Waals surface area contributed by atoms with E-state index in [4.69, 9.17) is 4.74 Å². The van der Waals surface area contributed by atoms with Crippen molar-refractivity contribution in [2.24, 2.45) is 4.99 Å². The smallest absolute Gasteiger partial charge is 0.191 e. The summed E-state index contributed by atoms with van der Waals surface area (Å²) in [7, 11) is 1.84. The van der Waals surface area contributed by atoms with Gasteiger partial charge in [0.15, 0.2) is 5.96 Å². The van der Waals surface area contributed by atoms with Crippen molar-refractivity contribution in [1.29, 1.82) is 0 Å². The van der Waals surface area contributed by atoms with Crippen LogP contribution in [0.25, 0.3) is 0 Å². The average Bonchev–Trinajstić information content (AvgIpc) is 2.70. The lowest BCUT2D eigenvalue weighted by atomic mass is 10.0. The van der Waals surface area contributed by atoms with Crippen LogP contribution in [0.3, 0.4) is 0 Å². The van der Waals surface area contributed by atoms with Crippen LogP contribution in [0.1, 0.15) is 56.6 Å². The number of benzene rings is 1. The Morgan fingerprint density at radius 1 is 1.15 bits per heavy atom. The van der Waals surface area contributed by atoms with E-state index in [0.29, 0.717) is 0 Å². The van der Waals surface area contributed by atoms with Crippen LogP contribution in [-0.2, 0) is 0 Å². The molecule has 2 heterocycles. The van der Waals surface area contributed by atoms with Gasteiger partial charge in [0.2, 0.25) is 0 Å². The summed E-state index contributed by atoms with van der Waals surface area (Å²) in [4.78, 5) is 7.02. The van der Waals surface area contributed by atoms with Crippen LogP contribution in [0, 0.1) is 0 Å². The van der Waals surface area contributed by atoms with Gasteiger partial charge in [-0.15, -0.1) is 0 Å². The average molecular weight is 359 g/mol. The maximum atomic E-state index is 5.74. The van der Waals surface area contributed by atoms with Crippen LogP contribution in [0.15, 0.2) is 29.3 Å². The van der Waals surface area contributed by atoms with E-state index < -0.39 is 0 Å². The van der Waals surface area contributed by atoms with Crippen molar-refractivity contribution in [2.75, 3.05) is 39.8 Å². The first-order valence-electron chi connectivity index (χ1n) is 10.3. The number of hydrogen-bond donors (Lipinski definition) is 2. The fourth-order valence-electron chi connectivity index (χ4n) is 3.88. The lowest BCUT2D eigenvalue weighted by Gasteiger charge is -2.28. The SMILES string of the molecule is CN=C(NCCCCCN1CCCCC1)NC1CCOc2ccccc21. The normalized spacial score (nSPS) is 21.0. The van der Waals surface area contributed by atoms with Gasteiger partial charge in [-0.25, -0.2) is 0 Å². The quantitative estimate of drug-likeness (QED) is 0.446. The summed E-state index contributed by atoms with van der Waals surface area (Å²) < 4.78 is 5.74. The molecule has 1 aromatic rings. The lowest BCUT2D eigenvalue weighted by Crippen LogP contribution is -2.41. The fraction of sp³-hybridized carbons (Fsp3) is 0.667. The van der Waals surface area contributed by atoms with Crippen LogP contribution in [0.4, 0.5) is 0 Å². The first-order chi connectivity index (χ1) is 12.9. The summed E-state index contributed by atoms with van der Waals surface area (Å²) >= 11 is 0. The van der Waals surface area contributed by atoms with Crippen molar-refractivity contribution in [3.05, 3.63) is 29.8 Å². The van der Waals surface area contributed by atoms with E-state index in [1.807, 2.05) is 19.2 Å². The second kappa shape index (κ2) is 10.4. The highest BCUT2D eigenvalue weighted by Crippen LogP contribution is 2.31. The van der Waals surface area contributed by atoms with E-state index in [0.717, 1.165) is 31.3 Å². The molecule has 144 valence electrons. The van der Waals surface area contributed by atoms with Crippen LogP contribution < -0.4 is 15.4 Å². The Labute approximate surface area is 158 Å². The van der Waals surface area contributed by atoms with E-state index in [1.165, 1.54) is 63.7 Å². The van der Waals surface area contributed by atoms with Crippen molar-refractivity contribution in [1.82, 2.24) is 15.5 Å². The van der Waals surface area contributed by atoms with E-state index in [2.05, 4.69) is 32.7 Å². The zero-order valence-electron chi connectivity index (χ0n) is 16.2. The van der Waals surface area contributed by atoms with Crippen LogP contribution in [-0.4, -0.2) is 50.7 Å². The van der Waals surface area contributed by atoms with Gasteiger partial charge in [0, 0.05) is 25.6 Å². The minimum Gasteiger partial charge on any atom is -0.493 e. The van der Waals surface area contributed by atoms with Gasteiger partial charge in [0.25, 0.3) is 0 Å². The molecule has 1 saturated heterocycles. The Kier molecular flexibility index (Phi) is 7.62. The zero-order chi connectivity index (χ0) is 18.0. The first-order valence-corrected chi connectivity index (χ1v) is 10.3. The molecule has 1 atom stereocenters. The molecule has 3 rings (SSSR count). The fourth-order valence-corrected chi connectivity index (χ4v) is 3.88. The molecule has 26 heavy (non-hydrogen) atoms. The number of likely N-dealkylation sites (tertiary alicyclic amines) is 1. The van der Waals surface area contributed by atoms with E-state index >= 15 is 0 Å². The molecule has 0 radical (unpaired) electrons. The number of nitrogens with one attached hydrogen (secondary N) is 2. The predicted octanol–water partition coefficient (Wildman–Crippen LogP) is 3.33. The number of piperidine rings is 1. The molecular weight excluding hydrogens is 324 g/mol. The summed E-state index contributed by atoms with van der Waals surface area (Å²) in [6, 6.07) is 8.55. The minimum absolute atomic E-state index is 0.269. The molecule has 5 nitrogen and oxygen atoms in total. The number of ether oxygens (including phenoxy) is 1. The topological polar surface area (TPSA) is 48.9 Å². The number of para-hydroxylation sites is 1. The van der Waals surface area contributed by atoms with Crippen molar-refractivity contribution < 1.29 is 4.74 Å². The van der Waals surface area contributed by atoms with Crippen LogP contribution >= 0.6 is 0 Å². The maximum Gasteiger partial charge on any atom is 0.191 e. The molecule has 2 aliphatic rings. The van der Waals surface area contributed by atoms with E-state index in [1.54, 1.807) is 0 Å². The second-order valence-corrected chi connectivity index (χ2v) is 7.33. The monoisotopic (exact) mass is 358 g/mol. The van der Waals surface area contributed by atoms with Gasteiger partial charge in [-0.1, -0.05) is 31.0 Å². The third-order valence-electron chi connectivity index (χ3n) is 5.39. The highest BCUT2D eigenvalue weighted by atomic mass is 16.5. The highest BCUT2D eigenvalue weighted by molar-refractivity contribution is 5.80. The Bertz CT molecular complexity index is 569. The molecule has 0 aromatic heterocycles. The Balaban J connectivity index is 1.34. The zero-order valence-corrected chi connectivity index (χ0v) is 16.2. The number of nitrogens with zero attached hydrogens (tertiary/aromatic N) is 2. The molecule has 0 amide bonds. The maximum absolute atomic E-state index is 5.74. The number of aliphatic imine (C=N–C) groups is 1. The number of guanidine groups is 1. The minimum atomic E-state index is 0.269. The van der Waals surface area contributed by atoms with Gasteiger partial charge in [0.05, 0.1) is 12.6 Å². The molecule has 1 aromatic carbocycles. The molecule has 0 bridgehead atoms. The molecule has 2 N–H and O–H groups in total. The van der Waals surface area contributed by atoms with Crippen molar-refractivity contribution in [3.8, 4) is 5.75 Å². The van der Waals surface area contributed by atoms with Crippen molar-refractivity contribution in [2.45, 2.75) is 51.0 Å². The van der Waals surface area contributed by atoms with Gasteiger partial charge in [-0.2, -0.15) is 0 Å². The van der Waals surface area contributed by atoms with E-state index in [9.17, 15) is 0 Å². The summed E-state index contributed by atoms with van der Waals surface area (Å²) in [5.74, 6) is 1.88. The van der Waals surface area contributed by atoms with Gasteiger partial charge in [-0.05, 0) is 51.4 Å².